The Bertz CT molecular complexity index is 418. The van der Waals surface area contributed by atoms with Gasteiger partial charge in [-0.15, -0.1) is 0 Å². The summed E-state index contributed by atoms with van der Waals surface area (Å²) in [4.78, 5) is 2.61. The van der Waals surface area contributed by atoms with Gasteiger partial charge in [-0.25, -0.2) is 0 Å². The van der Waals surface area contributed by atoms with Crippen LogP contribution in [-0.4, -0.2) is 23.5 Å². The van der Waals surface area contributed by atoms with E-state index >= 15 is 0 Å². The van der Waals surface area contributed by atoms with E-state index in [1.54, 1.807) is 0 Å². The molecular formula is C17H28N2O. The quantitative estimate of drug-likeness (QED) is 0.748. The van der Waals surface area contributed by atoms with Crippen LogP contribution in [-0.2, 0) is 13.1 Å². The smallest absolute Gasteiger partial charge is 0.118 e. The van der Waals surface area contributed by atoms with Crippen molar-refractivity contribution in [1.82, 2.24) is 10.2 Å². The molecule has 3 rings (SSSR count). The first-order chi connectivity index (χ1) is 9.70. The molecule has 1 aromatic heterocycles. The average Bonchev–Trinajstić information content (AvgIpc) is 3.32. The summed E-state index contributed by atoms with van der Waals surface area (Å²) in [5.41, 5.74) is 0. The summed E-state index contributed by atoms with van der Waals surface area (Å²) in [6, 6.07) is 5.86. The molecule has 1 aromatic rings. The second-order valence-corrected chi connectivity index (χ2v) is 6.91. The Morgan fingerprint density at radius 3 is 2.60 bits per heavy atom. The molecule has 20 heavy (non-hydrogen) atoms. The zero-order chi connectivity index (χ0) is 13.9. The number of furan rings is 1. The van der Waals surface area contributed by atoms with Gasteiger partial charge in [-0.1, -0.05) is 13.8 Å². The van der Waals surface area contributed by atoms with Crippen LogP contribution in [0.5, 0.6) is 0 Å². The molecule has 2 aliphatic carbocycles. The van der Waals surface area contributed by atoms with Crippen molar-refractivity contribution >= 4 is 0 Å². The topological polar surface area (TPSA) is 28.4 Å². The minimum atomic E-state index is 0.748. The van der Waals surface area contributed by atoms with Crippen LogP contribution in [0.1, 0.15) is 57.5 Å². The zero-order valence-electron chi connectivity index (χ0n) is 12.9. The standard InChI is InChI=1S/C17H28N2O/c1-13(2)9-10-19(15-5-6-15)12-17-8-7-16(20-17)11-18-14-3-4-14/h7-8,13-15,18H,3-6,9-12H2,1-2H3. The van der Waals surface area contributed by atoms with E-state index in [-0.39, 0.29) is 0 Å². The molecule has 0 aliphatic heterocycles. The third-order valence-electron chi connectivity index (χ3n) is 4.28. The number of nitrogens with zero attached hydrogens (tertiary/aromatic N) is 1. The Balaban J connectivity index is 1.48. The van der Waals surface area contributed by atoms with Crippen molar-refractivity contribution in [3.05, 3.63) is 23.7 Å². The molecule has 1 heterocycles. The number of rotatable bonds is 9. The highest BCUT2D eigenvalue weighted by atomic mass is 16.3. The lowest BCUT2D eigenvalue weighted by Gasteiger charge is -2.21. The van der Waals surface area contributed by atoms with Crippen molar-refractivity contribution in [3.63, 3.8) is 0 Å². The molecule has 1 N–H and O–H groups in total. The second kappa shape index (κ2) is 6.31. The molecule has 0 amide bonds. The molecule has 0 atom stereocenters. The van der Waals surface area contributed by atoms with Crippen molar-refractivity contribution < 1.29 is 4.42 Å². The van der Waals surface area contributed by atoms with E-state index in [1.807, 2.05) is 0 Å². The van der Waals surface area contributed by atoms with Gasteiger partial charge in [0.25, 0.3) is 0 Å². The van der Waals surface area contributed by atoms with Crippen molar-refractivity contribution in [2.24, 2.45) is 5.92 Å². The van der Waals surface area contributed by atoms with E-state index in [4.69, 9.17) is 4.42 Å². The Morgan fingerprint density at radius 2 is 1.95 bits per heavy atom. The molecule has 3 heteroatoms. The van der Waals surface area contributed by atoms with E-state index in [9.17, 15) is 0 Å². The minimum Gasteiger partial charge on any atom is -0.463 e. The monoisotopic (exact) mass is 276 g/mol. The van der Waals surface area contributed by atoms with Crippen LogP contribution in [0.25, 0.3) is 0 Å². The number of nitrogens with one attached hydrogen (secondary N) is 1. The van der Waals surface area contributed by atoms with Crippen LogP contribution < -0.4 is 5.32 Å². The zero-order valence-corrected chi connectivity index (χ0v) is 12.9. The second-order valence-electron chi connectivity index (χ2n) is 6.91. The molecule has 0 saturated heterocycles. The lowest BCUT2D eigenvalue weighted by molar-refractivity contribution is 0.219. The molecule has 2 saturated carbocycles. The summed E-state index contributed by atoms with van der Waals surface area (Å²) in [5.74, 6) is 3.01. The Morgan fingerprint density at radius 1 is 1.20 bits per heavy atom. The first-order valence-electron chi connectivity index (χ1n) is 8.25. The van der Waals surface area contributed by atoms with Crippen molar-refractivity contribution in [3.8, 4) is 0 Å². The maximum atomic E-state index is 5.97. The highest BCUT2D eigenvalue weighted by Crippen LogP contribution is 2.29. The fourth-order valence-electron chi connectivity index (χ4n) is 2.59. The summed E-state index contributed by atoms with van der Waals surface area (Å²) in [5, 5.41) is 3.51. The van der Waals surface area contributed by atoms with Gasteiger partial charge in [-0.3, -0.25) is 4.90 Å². The largest absolute Gasteiger partial charge is 0.463 e. The van der Waals surface area contributed by atoms with E-state index in [0.29, 0.717) is 0 Å². The van der Waals surface area contributed by atoms with Gasteiger partial charge in [0.1, 0.15) is 11.5 Å². The van der Waals surface area contributed by atoms with E-state index in [2.05, 4.69) is 36.2 Å². The lowest BCUT2D eigenvalue weighted by Crippen LogP contribution is -2.27. The minimum absolute atomic E-state index is 0.748. The van der Waals surface area contributed by atoms with Crippen LogP contribution >= 0.6 is 0 Å². The predicted octanol–water partition coefficient (Wildman–Crippen LogP) is 3.54. The molecular weight excluding hydrogens is 248 g/mol. The van der Waals surface area contributed by atoms with Crippen LogP contribution in [0.15, 0.2) is 16.5 Å². The van der Waals surface area contributed by atoms with Crippen molar-refractivity contribution in [2.45, 2.75) is 71.1 Å². The number of hydrogen-bond acceptors (Lipinski definition) is 3. The Hall–Kier alpha value is -0.800. The van der Waals surface area contributed by atoms with Crippen molar-refractivity contribution in [1.29, 1.82) is 0 Å². The molecule has 2 aliphatic rings. The first kappa shape index (κ1) is 14.2. The van der Waals surface area contributed by atoms with Gasteiger partial charge >= 0.3 is 0 Å². The summed E-state index contributed by atoms with van der Waals surface area (Å²) in [6.07, 6.45) is 6.69. The Labute approximate surface area is 122 Å². The fraction of sp³-hybridized carbons (Fsp3) is 0.765. The molecule has 112 valence electrons. The maximum Gasteiger partial charge on any atom is 0.118 e. The number of hydrogen-bond donors (Lipinski definition) is 1. The molecule has 2 fully saturated rings. The van der Waals surface area contributed by atoms with Crippen LogP contribution in [0, 0.1) is 5.92 Å². The van der Waals surface area contributed by atoms with E-state index in [1.165, 1.54) is 38.6 Å². The van der Waals surface area contributed by atoms with Crippen LogP contribution in [0.3, 0.4) is 0 Å². The molecule has 0 spiro atoms. The normalized spacial score (nSPS) is 19.2. The van der Waals surface area contributed by atoms with Gasteiger partial charge in [0, 0.05) is 12.1 Å². The lowest BCUT2D eigenvalue weighted by atomic mass is 10.1. The summed E-state index contributed by atoms with van der Waals surface area (Å²) >= 11 is 0. The van der Waals surface area contributed by atoms with Gasteiger partial charge in [0.2, 0.25) is 0 Å². The Kier molecular flexibility index (Phi) is 4.47. The van der Waals surface area contributed by atoms with E-state index < -0.39 is 0 Å². The molecule has 0 aromatic carbocycles. The SMILES string of the molecule is CC(C)CCN(Cc1ccc(CNC2CC2)o1)C1CC1. The van der Waals surface area contributed by atoms with Gasteiger partial charge in [-0.05, 0) is 56.7 Å². The fourth-order valence-corrected chi connectivity index (χ4v) is 2.59. The molecule has 3 nitrogen and oxygen atoms in total. The predicted molar refractivity (Wildman–Crippen MR) is 81.5 cm³/mol. The molecule has 0 unspecified atom stereocenters. The van der Waals surface area contributed by atoms with Crippen molar-refractivity contribution in [2.75, 3.05) is 6.54 Å². The van der Waals surface area contributed by atoms with Gasteiger partial charge in [0.05, 0.1) is 13.1 Å². The van der Waals surface area contributed by atoms with Gasteiger partial charge < -0.3 is 9.73 Å². The summed E-state index contributed by atoms with van der Waals surface area (Å²) in [7, 11) is 0. The van der Waals surface area contributed by atoms with Gasteiger partial charge in [0.15, 0.2) is 0 Å². The summed E-state index contributed by atoms with van der Waals surface area (Å²) < 4.78 is 5.97. The maximum absolute atomic E-state index is 5.97. The van der Waals surface area contributed by atoms with E-state index in [0.717, 1.165) is 42.6 Å². The van der Waals surface area contributed by atoms with Crippen LogP contribution in [0.4, 0.5) is 0 Å². The average molecular weight is 276 g/mol. The first-order valence-corrected chi connectivity index (χ1v) is 8.25. The highest BCUT2D eigenvalue weighted by Gasteiger charge is 2.29. The third-order valence-corrected chi connectivity index (χ3v) is 4.28. The summed E-state index contributed by atoms with van der Waals surface area (Å²) in [6.45, 7) is 7.69. The van der Waals surface area contributed by atoms with Crippen LogP contribution in [0.2, 0.25) is 0 Å². The third kappa shape index (κ3) is 4.35. The highest BCUT2D eigenvalue weighted by molar-refractivity contribution is 5.08. The van der Waals surface area contributed by atoms with Gasteiger partial charge in [-0.2, -0.15) is 0 Å². The molecule has 0 radical (unpaired) electrons. The molecule has 0 bridgehead atoms.